The summed E-state index contributed by atoms with van der Waals surface area (Å²) in [6, 6.07) is 25.8. The van der Waals surface area contributed by atoms with E-state index in [1.807, 2.05) is 12.1 Å². The van der Waals surface area contributed by atoms with Gasteiger partial charge in [0.25, 0.3) is 0 Å². The highest BCUT2D eigenvalue weighted by atomic mass is 16.5. The van der Waals surface area contributed by atoms with Crippen molar-refractivity contribution >= 4 is 0 Å². The van der Waals surface area contributed by atoms with Gasteiger partial charge in [0.2, 0.25) is 0 Å². The molecule has 5 nitrogen and oxygen atoms in total. The topological polar surface area (TPSA) is 56.2 Å². The molecule has 1 saturated carbocycles. The van der Waals surface area contributed by atoms with Gasteiger partial charge in [0, 0.05) is 24.2 Å². The maximum atomic E-state index is 12.8. The summed E-state index contributed by atoms with van der Waals surface area (Å²) in [5.41, 5.74) is 3.79. The summed E-state index contributed by atoms with van der Waals surface area (Å²) in [6.45, 7) is 7.78. The van der Waals surface area contributed by atoms with Gasteiger partial charge in [-0.05, 0) is 100 Å². The number of aryl methyl sites for hydroxylation is 2. The van der Waals surface area contributed by atoms with Crippen molar-refractivity contribution in [1.29, 1.82) is 0 Å². The number of phenolic OH excluding ortho intramolecular Hbond substituents is 1. The van der Waals surface area contributed by atoms with Crippen LogP contribution in [0.1, 0.15) is 73.6 Å². The molecule has 2 heterocycles. The third-order valence-corrected chi connectivity index (χ3v) is 11.6. The maximum absolute atomic E-state index is 12.8. The molecule has 2 aliphatic carbocycles. The van der Waals surface area contributed by atoms with Crippen LogP contribution in [0.25, 0.3) is 0 Å². The number of aliphatic hydroxyl groups is 1. The quantitative estimate of drug-likeness (QED) is 0.156. The fraction of sp³-hybridized carbons (Fsp3) is 0.500. The van der Waals surface area contributed by atoms with Crippen LogP contribution < -0.4 is 4.74 Å². The first kappa shape index (κ1) is 30.5. The number of rotatable bonds is 14. The maximum Gasteiger partial charge on any atom is 0.165 e. The van der Waals surface area contributed by atoms with E-state index in [2.05, 4.69) is 83.1 Å². The van der Waals surface area contributed by atoms with E-state index in [1.54, 1.807) is 0 Å². The lowest BCUT2D eigenvalue weighted by atomic mass is 9.48. The minimum atomic E-state index is -0.880. The Labute approximate surface area is 269 Å². The molecule has 5 atom stereocenters. The van der Waals surface area contributed by atoms with E-state index >= 15 is 0 Å². The van der Waals surface area contributed by atoms with E-state index in [0.29, 0.717) is 5.75 Å². The molecule has 0 radical (unpaired) electrons. The molecule has 3 aromatic carbocycles. The van der Waals surface area contributed by atoms with E-state index in [-0.39, 0.29) is 23.9 Å². The fourth-order valence-electron chi connectivity index (χ4n) is 9.58. The number of hydrogen-bond donors (Lipinski definition) is 2. The molecule has 7 rings (SSSR count). The SMILES string of the molecule is C=CCN1CC[C@]23c4c5ccc(O)c4OC2C(N(CCCCCCc2ccccc2)CCCc2ccccc2)CC[C@@]3(O)[C@H]1C5. The zero-order valence-corrected chi connectivity index (χ0v) is 26.7. The summed E-state index contributed by atoms with van der Waals surface area (Å²) >= 11 is 0. The predicted molar refractivity (Wildman–Crippen MR) is 181 cm³/mol. The second-order valence-electron chi connectivity index (χ2n) is 14.0. The second kappa shape index (κ2) is 12.9. The van der Waals surface area contributed by atoms with Crippen molar-refractivity contribution in [3.63, 3.8) is 0 Å². The molecule has 3 aromatic rings. The monoisotopic (exact) mass is 606 g/mol. The molecule has 5 heteroatoms. The fourth-order valence-corrected chi connectivity index (χ4v) is 9.58. The first-order valence-corrected chi connectivity index (χ1v) is 17.5. The molecule has 2 unspecified atom stereocenters. The van der Waals surface area contributed by atoms with Crippen LogP contribution in [-0.4, -0.2) is 70.0 Å². The van der Waals surface area contributed by atoms with Crippen LogP contribution in [0, 0.1) is 0 Å². The third kappa shape index (κ3) is 5.41. The second-order valence-corrected chi connectivity index (χ2v) is 14.0. The number of likely N-dealkylation sites (tertiary alicyclic amines) is 1. The van der Waals surface area contributed by atoms with Crippen molar-refractivity contribution in [3.05, 3.63) is 108 Å². The average molecular weight is 607 g/mol. The van der Waals surface area contributed by atoms with E-state index in [9.17, 15) is 10.2 Å². The number of hydrogen-bond acceptors (Lipinski definition) is 5. The Morgan fingerprint density at radius 3 is 2.29 bits per heavy atom. The number of piperidine rings is 1. The molecule has 4 aliphatic rings. The normalized spacial score (nSPS) is 28.1. The van der Waals surface area contributed by atoms with Gasteiger partial charge in [0.05, 0.1) is 11.0 Å². The lowest BCUT2D eigenvalue weighted by Gasteiger charge is -2.65. The molecule has 2 fully saturated rings. The van der Waals surface area contributed by atoms with Gasteiger partial charge in [0.1, 0.15) is 6.10 Å². The number of aromatic hydroxyl groups is 1. The van der Waals surface area contributed by atoms with Crippen molar-refractivity contribution in [2.24, 2.45) is 0 Å². The molecule has 0 aromatic heterocycles. The molecular weight excluding hydrogens is 556 g/mol. The Morgan fingerprint density at radius 1 is 0.867 bits per heavy atom. The zero-order valence-electron chi connectivity index (χ0n) is 26.7. The average Bonchev–Trinajstić information content (AvgIpc) is 3.42. The molecule has 1 saturated heterocycles. The van der Waals surface area contributed by atoms with Crippen LogP contribution in [0.3, 0.4) is 0 Å². The van der Waals surface area contributed by atoms with Gasteiger partial charge < -0.3 is 14.9 Å². The van der Waals surface area contributed by atoms with Gasteiger partial charge in [-0.15, -0.1) is 6.58 Å². The van der Waals surface area contributed by atoms with Crippen molar-refractivity contribution in [2.45, 2.75) is 99.8 Å². The Hall–Kier alpha value is -3.12. The molecule has 1 spiro atoms. The highest BCUT2D eigenvalue weighted by Crippen LogP contribution is 2.65. The highest BCUT2D eigenvalue weighted by molar-refractivity contribution is 5.62. The smallest absolute Gasteiger partial charge is 0.165 e. The largest absolute Gasteiger partial charge is 0.504 e. The number of benzene rings is 3. The number of unbranched alkanes of at least 4 members (excludes halogenated alkanes) is 3. The van der Waals surface area contributed by atoms with E-state index in [1.165, 1.54) is 42.4 Å². The highest BCUT2D eigenvalue weighted by Gasteiger charge is 2.73. The Balaban J connectivity index is 1.12. The van der Waals surface area contributed by atoms with Gasteiger partial charge in [0.15, 0.2) is 11.5 Å². The molecular formula is C40H50N2O3. The summed E-state index contributed by atoms with van der Waals surface area (Å²) in [5.74, 6) is 0.864. The molecule has 45 heavy (non-hydrogen) atoms. The van der Waals surface area contributed by atoms with Crippen molar-refractivity contribution < 1.29 is 14.9 Å². The van der Waals surface area contributed by atoms with Gasteiger partial charge in [-0.2, -0.15) is 0 Å². The standard InChI is InChI=1S/C40H50N2O3/c1-2-25-42-28-24-39-36-32-20-21-34(43)37(36)45-38(39)33(22-23-40(39,44)35(42)29-32)41(27-13-19-31-17-10-6-11-18-31)26-12-4-3-7-14-30-15-8-5-9-16-30/h2,5-6,8-11,15-18,20-21,33,35,38,43-44H,1,3-4,7,12-14,19,22-29H2/t33?,35-,38?,39+,40-/m1/s1. The van der Waals surface area contributed by atoms with Crippen LogP contribution in [0.2, 0.25) is 0 Å². The molecule has 238 valence electrons. The van der Waals surface area contributed by atoms with Crippen LogP contribution in [0.15, 0.2) is 85.5 Å². The summed E-state index contributed by atoms with van der Waals surface area (Å²) in [4.78, 5) is 5.15. The summed E-state index contributed by atoms with van der Waals surface area (Å²) < 4.78 is 6.93. The Bertz CT molecular complexity index is 1460. The van der Waals surface area contributed by atoms with E-state index < -0.39 is 11.0 Å². The predicted octanol–water partition coefficient (Wildman–Crippen LogP) is 6.84. The van der Waals surface area contributed by atoms with E-state index in [0.717, 1.165) is 76.7 Å². The number of nitrogens with zero attached hydrogens (tertiary/aromatic N) is 2. The van der Waals surface area contributed by atoms with Gasteiger partial charge in [-0.3, -0.25) is 9.80 Å². The molecule has 0 amide bonds. The Kier molecular flexibility index (Phi) is 8.78. The Morgan fingerprint density at radius 2 is 1.56 bits per heavy atom. The number of phenols is 1. The van der Waals surface area contributed by atoms with Crippen LogP contribution in [-0.2, 0) is 24.7 Å². The molecule has 2 aliphatic heterocycles. The molecule has 2 bridgehead atoms. The van der Waals surface area contributed by atoms with E-state index in [4.69, 9.17) is 4.74 Å². The minimum absolute atomic E-state index is 0.0374. The molecule has 2 N–H and O–H groups in total. The first-order chi connectivity index (χ1) is 22.0. The lowest BCUT2D eigenvalue weighted by Crippen LogP contribution is -2.78. The van der Waals surface area contributed by atoms with Gasteiger partial charge in [-0.1, -0.05) is 85.6 Å². The first-order valence-electron chi connectivity index (χ1n) is 17.5. The lowest BCUT2D eigenvalue weighted by molar-refractivity contribution is -0.198. The van der Waals surface area contributed by atoms with Gasteiger partial charge >= 0.3 is 0 Å². The minimum Gasteiger partial charge on any atom is -0.504 e. The summed E-state index contributed by atoms with van der Waals surface area (Å²) in [6.07, 6.45) is 13.3. The zero-order chi connectivity index (χ0) is 30.9. The number of ether oxygens (including phenoxy) is 1. The van der Waals surface area contributed by atoms with Crippen LogP contribution >= 0.6 is 0 Å². The van der Waals surface area contributed by atoms with Crippen LogP contribution in [0.4, 0.5) is 0 Å². The third-order valence-electron chi connectivity index (χ3n) is 11.6. The van der Waals surface area contributed by atoms with Crippen LogP contribution in [0.5, 0.6) is 11.5 Å². The summed E-state index contributed by atoms with van der Waals surface area (Å²) in [5, 5.41) is 23.9. The van der Waals surface area contributed by atoms with Crippen molar-refractivity contribution in [3.8, 4) is 11.5 Å². The van der Waals surface area contributed by atoms with Crippen molar-refractivity contribution in [1.82, 2.24) is 9.80 Å². The van der Waals surface area contributed by atoms with Gasteiger partial charge in [-0.25, -0.2) is 0 Å². The van der Waals surface area contributed by atoms with Crippen molar-refractivity contribution in [2.75, 3.05) is 26.2 Å². The summed E-state index contributed by atoms with van der Waals surface area (Å²) in [7, 11) is 0.